The number of benzene rings is 1. The lowest BCUT2D eigenvalue weighted by Gasteiger charge is -2.19. The number of carbonyl (C=O) groups excluding carboxylic acids is 1. The zero-order valence-electron chi connectivity index (χ0n) is 18.7. The van der Waals surface area contributed by atoms with Gasteiger partial charge < -0.3 is 14.2 Å². The third kappa shape index (κ3) is 4.53. The average molecular weight is 435 g/mol. The maximum Gasteiger partial charge on any atom is 0.413 e. The number of fused-ring (bicyclic) bond motifs is 1. The van der Waals surface area contributed by atoms with Crippen molar-refractivity contribution in [3.8, 4) is 11.5 Å². The molecule has 166 valence electrons. The van der Waals surface area contributed by atoms with Crippen molar-refractivity contribution in [3.63, 3.8) is 0 Å². The number of imidazole rings is 1. The summed E-state index contributed by atoms with van der Waals surface area (Å²) in [5, 5.41) is 10.5. The topological polar surface area (TPSA) is 111 Å². The molecule has 0 unspecified atom stereocenters. The number of amides is 1. The summed E-state index contributed by atoms with van der Waals surface area (Å²) < 4.78 is 12.3. The van der Waals surface area contributed by atoms with Crippen LogP contribution in [0, 0.1) is 0 Å². The van der Waals surface area contributed by atoms with Crippen molar-refractivity contribution in [1.29, 1.82) is 0 Å². The quantitative estimate of drug-likeness (QED) is 0.502. The highest BCUT2D eigenvalue weighted by atomic mass is 16.6. The van der Waals surface area contributed by atoms with Crippen LogP contribution in [-0.2, 0) is 11.3 Å². The fourth-order valence-corrected chi connectivity index (χ4v) is 3.23. The maximum atomic E-state index is 12.3. The Morgan fingerprint density at radius 2 is 2.03 bits per heavy atom. The molecule has 1 N–H and O–H groups in total. The van der Waals surface area contributed by atoms with Gasteiger partial charge in [-0.05, 0) is 60.9 Å². The number of aromatic nitrogens is 5. The number of ether oxygens (including phenoxy) is 1. The number of hydrogen-bond donors (Lipinski definition) is 1. The zero-order valence-corrected chi connectivity index (χ0v) is 18.7. The van der Waals surface area contributed by atoms with E-state index in [1.165, 1.54) is 0 Å². The molecule has 4 aromatic rings. The van der Waals surface area contributed by atoms with Crippen molar-refractivity contribution in [2.75, 3.05) is 24.3 Å². The molecule has 0 aliphatic carbocycles. The van der Waals surface area contributed by atoms with Gasteiger partial charge >= 0.3 is 6.09 Å². The lowest BCUT2D eigenvalue weighted by molar-refractivity contribution is 0.0634. The first-order chi connectivity index (χ1) is 15.2. The van der Waals surface area contributed by atoms with Crippen molar-refractivity contribution >= 4 is 28.6 Å². The molecule has 0 saturated carbocycles. The fourth-order valence-electron chi connectivity index (χ4n) is 3.23. The standard InChI is InChI=1S/C22H25N7O3/c1-22(2,3)31-21(30)25-19-18(26-32-27-19)20-24-16-11-15(28(4)5)8-9-17(16)29(20)13-14-7-6-10-23-12-14/h6-12H,13H2,1-5H3,(H,25,27,30). The SMILES string of the molecule is CN(C)c1ccc2c(c1)nc(-c1nonc1NC(=O)OC(C)(C)C)n2Cc1cccnc1. The maximum absolute atomic E-state index is 12.3. The van der Waals surface area contributed by atoms with Crippen LogP contribution < -0.4 is 10.2 Å². The van der Waals surface area contributed by atoms with Crippen molar-refractivity contribution in [3.05, 3.63) is 48.3 Å². The van der Waals surface area contributed by atoms with Crippen LogP contribution in [-0.4, -0.2) is 50.6 Å². The van der Waals surface area contributed by atoms with E-state index in [9.17, 15) is 4.79 Å². The molecule has 10 heteroatoms. The summed E-state index contributed by atoms with van der Waals surface area (Å²) in [7, 11) is 3.94. The normalized spacial score (nSPS) is 11.5. The Morgan fingerprint density at radius 1 is 1.22 bits per heavy atom. The fraction of sp³-hybridized carbons (Fsp3) is 0.318. The molecule has 1 amide bonds. The molecule has 0 bridgehead atoms. The molecule has 0 atom stereocenters. The van der Waals surface area contributed by atoms with E-state index in [0.717, 1.165) is 22.3 Å². The number of nitrogens with one attached hydrogen (secondary N) is 1. The summed E-state index contributed by atoms with van der Waals surface area (Å²) in [6, 6.07) is 9.89. The molecule has 10 nitrogen and oxygen atoms in total. The molecule has 3 aromatic heterocycles. The average Bonchev–Trinajstić information content (AvgIpc) is 3.31. The second-order valence-corrected chi connectivity index (χ2v) is 8.54. The summed E-state index contributed by atoms with van der Waals surface area (Å²) in [5.74, 6) is 0.641. The minimum atomic E-state index is -0.655. The zero-order chi connectivity index (χ0) is 22.9. The van der Waals surface area contributed by atoms with Crippen LogP contribution in [0.3, 0.4) is 0 Å². The monoisotopic (exact) mass is 435 g/mol. The Balaban J connectivity index is 1.79. The molecule has 3 heterocycles. The summed E-state index contributed by atoms with van der Waals surface area (Å²) in [4.78, 5) is 23.3. The summed E-state index contributed by atoms with van der Waals surface area (Å²) >= 11 is 0. The Hall–Kier alpha value is -3.95. The van der Waals surface area contributed by atoms with Crippen LogP contribution in [0.2, 0.25) is 0 Å². The number of rotatable bonds is 5. The highest BCUT2D eigenvalue weighted by Crippen LogP contribution is 2.30. The van der Waals surface area contributed by atoms with E-state index in [0.29, 0.717) is 18.1 Å². The predicted molar refractivity (Wildman–Crippen MR) is 121 cm³/mol. The molecule has 0 aliphatic rings. The number of hydrogen-bond acceptors (Lipinski definition) is 8. The number of carbonyl (C=O) groups is 1. The van der Waals surface area contributed by atoms with Crippen LogP contribution in [0.1, 0.15) is 26.3 Å². The van der Waals surface area contributed by atoms with E-state index in [1.807, 2.05) is 53.9 Å². The van der Waals surface area contributed by atoms with Gasteiger partial charge in [-0.1, -0.05) is 6.07 Å². The smallest absolute Gasteiger partial charge is 0.413 e. The molecule has 0 aliphatic heterocycles. The lowest BCUT2D eigenvalue weighted by atomic mass is 10.2. The highest BCUT2D eigenvalue weighted by molar-refractivity contribution is 5.90. The molecule has 1 aromatic carbocycles. The molecular formula is C22H25N7O3. The largest absolute Gasteiger partial charge is 0.444 e. The van der Waals surface area contributed by atoms with Crippen LogP contribution in [0.25, 0.3) is 22.6 Å². The van der Waals surface area contributed by atoms with Gasteiger partial charge in [-0.2, -0.15) is 0 Å². The van der Waals surface area contributed by atoms with Gasteiger partial charge in [-0.15, -0.1) is 0 Å². The Kier molecular flexibility index (Phi) is 5.52. The first kappa shape index (κ1) is 21.3. The third-order valence-electron chi connectivity index (χ3n) is 4.63. The number of anilines is 2. The predicted octanol–water partition coefficient (Wildman–Crippen LogP) is 3.94. The highest BCUT2D eigenvalue weighted by Gasteiger charge is 2.24. The van der Waals surface area contributed by atoms with Crippen LogP contribution in [0.5, 0.6) is 0 Å². The minimum absolute atomic E-state index is 0.134. The second kappa shape index (κ2) is 8.29. The van der Waals surface area contributed by atoms with Gasteiger partial charge in [0.25, 0.3) is 0 Å². The molecule has 0 spiro atoms. The van der Waals surface area contributed by atoms with E-state index in [-0.39, 0.29) is 5.82 Å². The van der Waals surface area contributed by atoms with Gasteiger partial charge in [0.05, 0.1) is 17.6 Å². The molecular weight excluding hydrogens is 410 g/mol. The molecule has 0 saturated heterocycles. The van der Waals surface area contributed by atoms with Gasteiger partial charge in [0.15, 0.2) is 11.5 Å². The Morgan fingerprint density at radius 3 is 2.72 bits per heavy atom. The van der Waals surface area contributed by atoms with Gasteiger partial charge in [0, 0.05) is 32.2 Å². The van der Waals surface area contributed by atoms with E-state index in [2.05, 4.69) is 20.6 Å². The van der Waals surface area contributed by atoms with E-state index < -0.39 is 11.7 Å². The third-order valence-corrected chi connectivity index (χ3v) is 4.63. The van der Waals surface area contributed by atoms with Crippen LogP contribution in [0.4, 0.5) is 16.3 Å². The first-order valence-corrected chi connectivity index (χ1v) is 10.1. The first-order valence-electron chi connectivity index (χ1n) is 10.1. The van der Waals surface area contributed by atoms with E-state index in [4.69, 9.17) is 14.3 Å². The van der Waals surface area contributed by atoms with E-state index in [1.54, 1.807) is 33.2 Å². The summed E-state index contributed by atoms with van der Waals surface area (Å²) in [6.45, 7) is 5.85. The lowest BCUT2D eigenvalue weighted by Crippen LogP contribution is -2.27. The van der Waals surface area contributed by atoms with Gasteiger partial charge in [0.2, 0.25) is 5.82 Å². The second-order valence-electron chi connectivity index (χ2n) is 8.54. The molecule has 4 rings (SSSR count). The van der Waals surface area contributed by atoms with Gasteiger partial charge in [-0.3, -0.25) is 10.3 Å². The Labute approximate surface area is 185 Å². The van der Waals surface area contributed by atoms with Crippen LogP contribution in [0.15, 0.2) is 47.4 Å². The van der Waals surface area contributed by atoms with Crippen molar-refractivity contribution < 1.29 is 14.2 Å². The summed E-state index contributed by atoms with van der Waals surface area (Å²) in [5.41, 5.74) is 3.34. The van der Waals surface area contributed by atoms with Gasteiger partial charge in [-0.25, -0.2) is 14.4 Å². The van der Waals surface area contributed by atoms with Crippen LogP contribution >= 0.6 is 0 Å². The van der Waals surface area contributed by atoms with Crippen molar-refractivity contribution in [2.24, 2.45) is 0 Å². The number of nitrogens with zero attached hydrogens (tertiary/aromatic N) is 6. The van der Waals surface area contributed by atoms with Crippen molar-refractivity contribution in [1.82, 2.24) is 24.8 Å². The van der Waals surface area contributed by atoms with Gasteiger partial charge in [0.1, 0.15) is 5.60 Å². The Bertz CT molecular complexity index is 1240. The molecule has 32 heavy (non-hydrogen) atoms. The minimum Gasteiger partial charge on any atom is -0.444 e. The molecule has 0 fully saturated rings. The molecule has 0 radical (unpaired) electrons. The van der Waals surface area contributed by atoms with Crippen molar-refractivity contribution in [2.45, 2.75) is 32.9 Å². The van der Waals surface area contributed by atoms with E-state index >= 15 is 0 Å². The summed E-state index contributed by atoms with van der Waals surface area (Å²) in [6.07, 6.45) is 2.87. The number of pyridine rings is 1.